The molecule has 0 atom stereocenters. The van der Waals surface area contributed by atoms with Gasteiger partial charge in [0, 0.05) is 0 Å². The van der Waals surface area contributed by atoms with Crippen LogP contribution in [0, 0.1) is 0 Å². The highest BCUT2D eigenvalue weighted by Gasteiger charge is 2.02. The fourth-order valence-corrected chi connectivity index (χ4v) is 1.14. The third kappa shape index (κ3) is 11.7. The van der Waals surface area contributed by atoms with E-state index >= 15 is 0 Å². The molecule has 0 rings (SSSR count). The Balaban J connectivity index is 0. The van der Waals surface area contributed by atoms with Crippen molar-refractivity contribution in [2.24, 2.45) is 0 Å². The van der Waals surface area contributed by atoms with Gasteiger partial charge < -0.3 is 0 Å². The van der Waals surface area contributed by atoms with E-state index in [2.05, 4.69) is 8.37 Å². The Morgan fingerprint density at radius 3 is 1.33 bits per heavy atom. The van der Waals surface area contributed by atoms with Gasteiger partial charge in [-0.1, -0.05) is 0 Å². The zero-order chi connectivity index (χ0) is 12.5. The van der Waals surface area contributed by atoms with Crippen molar-refractivity contribution in [3.05, 3.63) is 0 Å². The minimum Gasteiger partial charge on any atom is -0.273 e. The first-order valence-electron chi connectivity index (χ1n) is 4.40. The summed E-state index contributed by atoms with van der Waals surface area (Å²) in [5.41, 5.74) is 0. The highest BCUT2D eigenvalue weighted by atomic mass is 32.2. The molecule has 0 aliphatic carbocycles. The van der Waals surface area contributed by atoms with Crippen molar-refractivity contribution in [3.63, 3.8) is 0 Å². The molecule has 0 aliphatic rings. The molecule has 6 nitrogen and oxygen atoms in total. The SMILES string of the molecule is CCOS(=O)(=O)CC.CCS(=O)(=O)OC. The van der Waals surface area contributed by atoms with Gasteiger partial charge in [0.15, 0.2) is 0 Å². The second kappa shape index (κ2) is 8.03. The second-order valence-corrected chi connectivity index (χ2v) is 6.22. The van der Waals surface area contributed by atoms with Gasteiger partial charge in [0.05, 0.1) is 25.2 Å². The van der Waals surface area contributed by atoms with Gasteiger partial charge in [-0.25, -0.2) is 0 Å². The Morgan fingerprint density at radius 1 is 0.867 bits per heavy atom. The van der Waals surface area contributed by atoms with Gasteiger partial charge in [-0.2, -0.15) is 16.8 Å². The number of hydrogen-bond donors (Lipinski definition) is 0. The average Bonchev–Trinajstić information content (AvgIpc) is 2.19. The summed E-state index contributed by atoms with van der Waals surface area (Å²) in [7, 11) is -5.18. The second-order valence-electron chi connectivity index (χ2n) is 2.27. The maximum absolute atomic E-state index is 10.4. The van der Waals surface area contributed by atoms with Crippen molar-refractivity contribution in [3.8, 4) is 0 Å². The van der Waals surface area contributed by atoms with E-state index in [0.717, 1.165) is 7.11 Å². The summed E-state index contributed by atoms with van der Waals surface area (Å²) in [6.07, 6.45) is 0. The van der Waals surface area contributed by atoms with Crippen molar-refractivity contribution in [2.75, 3.05) is 25.2 Å². The normalized spacial score (nSPS) is 11.7. The van der Waals surface area contributed by atoms with Crippen LogP contribution in [-0.4, -0.2) is 42.1 Å². The van der Waals surface area contributed by atoms with Crippen LogP contribution >= 0.6 is 0 Å². The fraction of sp³-hybridized carbons (Fsp3) is 1.00. The van der Waals surface area contributed by atoms with E-state index in [0.29, 0.717) is 0 Å². The fourth-order valence-electron chi connectivity index (χ4n) is 0.381. The molecule has 0 aromatic heterocycles. The molecule has 0 unspecified atom stereocenters. The van der Waals surface area contributed by atoms with Gasteiger partial charge in [-0.05, 0) is 20.8 Å². The maximum Gasteiger partial charge on any atom is 0.267 e. The van der Waals surface area contributed by atoms with Crippen LogP contribution in [0.2, 0.25) is 0 Å². The van der Waals surface area contributed by atoms with E-state index in [1.165, 1.54) is 6.92 Å². The lowest BCUT2D eigenvalue weighted by atomic mass is 10.9. The lowest BCUT2D eigenvalue weighted by Crippen LogP contribution is -2.06. The van der Waals surface area contributed by atoms with Gasteiger partial charge in [-0.3, -0.25) is 8.37 Å². The maximum atomic E-state index is 10.4. The van der Waals surface area contributed by atoms with E-state index in [-0.39, 0.29) is 18.1 Å². The lowest BCUT2D eigenvalue weighted by molar-refractivity contribution is 0.339. The van der Waals surface area contributed by atoms with Crippen molar-refractivity contribution in [1.29, 1.82) is 0 Å². The zero-order valence-corrected chi connectivity index (χ0v) is 11.0. The molecule has 0 aromatic carbocycles. The van der Waals surface area contributed by atoms with Gasteiger partial charge in [0.1, 0.15) is 0 Å². The minimum atomic E-state index is -3.17. The van der Waals surface area contributed by atoms with Gasteiger partial charge in [0.2, 0.25) is 0 Å². The molecule has 0 aromatic rings. The molecule has 0 saturated carbocycles. The Bertz CT molecular complexity index is 318. The molecule has 0 saturated heterocycles. The molecular weight excluding hydrogens is 244 g/mol. The predicted molar refractivity (Wildman–Crippen MR) is 57.6 cm³/mol. The van der Waals surface area contributed by atoms with Crippen LogP contribution in [0.5, 0.6) is 0 Å². The molecular formula is C7H18O6S2. The van der Waals surface area contributed by atoms with Gasteiger partial charge in [-0.15, -0.1) is 0 Å². The third-order valence-electron chi connectivity index (χ3n) is 1.26. The molecule has 94 valence electrons. The van der Waals surface area contributed by atoms with E-state index in [4.69, 9.17) is 0 Å². The summed E-state index contributed by atoms with van der Waals surface area (Å²) in [6.45, 7) is 4.95. The summed E-state index contributed by atoms with van der Waals surface area (Å²) in [5, 5.41) is 0. The van der Waals surface area contributed by atoms with Crippen LogP contribution in [0.3, 0.4) is 0 Å². The van der Waals surface area contributed by atoms with E-state index in [9.17, 15) is 16.8 Å². The van der Waals surface area contributed by atoms with Crippen LogP contribution in [-0.2, 0) is 28.6 Å². The van der Waals surface area contributed by atoms with Crippen molar-refractivity contribution in [2.45, 2.75) is 20.8 Å². The van der Waals surface area contributed by atoms with E-state index in [1.807, 2.05) is 0 Å². The topological polar surface area (TPSA) is 86.7 Å². The smallest absolute Gasteiger partial charge is 0.267 e. The van der Waals surface area contributed by atoms with E-state index < -0.39 is 20.2 Å². The standard InChI is InChI=1S/C4H10O3S.C3H8O3S/c1-3-7-8(5,6)4-2;1-3-7(4,5)6-2/h3-4H2,1-2H3;3H2,1-2H3. The molecule has 0 N–H and O–H groups in total. The first kappa shape index (κ1) is 17.2. The average molecular weight is 262 g/mol. The van der Waals surface area contributed by atoms with E-state index in [1.54, 1.807) is 13.8 Å². The largest absolute Gasteiger partial charge is 0.273 e. The van der Waals surface area contributed by atoms with Crippen LogP contribution in [0.25, 0.3) is 0 Å². The van der Waals surface area contributed by atoms with Crippen molar-refractivity contribution < 1.29 is 25.2 Å². The van der Waals surface area contributed by atoms with Crippen molar-refractivity contribution in [1.82, 2.24) is 0 Å². The summed E-state index contributed by atoms with van der Waals surface area (Å²) in [6, 6.07) is 0. The highest BCUT2D eigenvalue weighted by molar-refractivity contribution is 7.86. The summed E-state index contributed by atoms with van der Waals surface area (Å²) in [4.78, 5) is 0. The molecule has 0 amide bonds. The summed E-state index contributed by atoms with van der Waals surface area (Å²) >= 11 is 0. The molecule has 0 bridgehead atoms. The van der Waals surface area contributed by atoms with Crippen LogP contribution in [0.1, 0.15) is 20.8 Å². The van der Waals surface area contributed by atoms with Crippen LogP contribution < -0.4 is 0 Å². The van der Waals surface area contributed by atoms with Crippen LogP contribution in [0.4, 0.5) is 0 Å². The molecule has 0 radical (unpaired) electrons. The van der Waals surface area contributed by atoms with Crippen molar-refractivity contribution >= 4 is 20.2 Å². The lowest BCUT2D eigenvalue weighted by Gasteiger charge is -1.95. The monoisotopic (exact) mass is 262 g/mol. The molecule has 8 heteroatoms. The predicted octanol–water partition coefficient (Wildman–Crippen LogP) is 0.355. The third-order valence-corrected chi connectivity index (χ3v) is 3.78. The number of rotatable bonds is 5. The summed E-state index contributed by atoms with van der Waals surface area (Å²) in [5.74, 6) is 0.102. The molecule has 0 heterocycles. The first-order valence-corrected chi connectivity index (χ1v) is 7.55. The summed E-state index contributed by atoms with van der Waals surface area (Å²) < 4.78 is 49.5. The highest BCUT2D eigenvalue weighted by Crippen LogP contribution is 1.89. The minimum absolute atomic E-state index is 0.0451. The molecule has 0 fully saturated rings. The van der Waals surface area contributed by atoms with Crippen LogP contribution in [0.15, 0.2) is 0 Å². The Labute approximate surface area is 91.8 Å². The quantitative estimate of drug-likeness (QED) is 0.665. The Morgan fingerprint density at radius 2 is 1.27 bits per heavy atom. The first-order chi connectivity index (χ1) is 6.74. The Kier molecular flexibility index (Phi) is 9.22. The Hall–Kier alpha value is -0.180. The van der Waals surface area contributed by atoms with Gasteiger partial charge >= 0.3 is 0 Å². The van der Waals surface area contributed by atoms with Gasteiger partial charge in [0.25, 0.3) is 20.2 Å². The molecule has 0 spiro atoms. The zero-order valence-electron chi connectivity index (χ0n) is 9.39. The molecule has 0 aliphatic heterocycles. The number of hydrogen-bond acceptors (Lipinski definition) is 6. The molecule has 15 heavy (non-hydrogen) atoms.